The van der Waals surface area contributed by atoms with Crippen molar-refractivity contribution >= 4 is 68.4 Å². The maximum atomic E-state index is 5.59. The van der Waals surface area contributed by atoms with Crippen molar-refractivity contribution in [1.29, 1.82) is 0 Å². The molecule has 0 saturated heterocycles. The van der Waals surface area contributed by atoms with Gasteiger partial charge in [-0.05, 0) is 252 Å². The molecule has 6 fully saturated rings. The van der Waals surface area contributed by atoms with Crippen molar-refractivity contribution in [3.8, 4) is 0 Å². The fourth-order valence-electron chi connectivity index (χ4n) is 18.6. The molecule has 12 aliphatic carbocycles. The average Bonchev–Trinajstić information content (AvgIpc) is 4.18. The van der Waals surface area contributed by atoms with Crippen molar-refractivity contribution in [2.24, 2.45) is 30.0 Å². The zero-order chi connectivity index (χ0) is 42.0. The van der Waals surface area contributed by atoms with Crippen LogP contribution >= 0.6 is 0 Å². The molecule has 36 aliphatic rings. The third-order valence-corrected chi connectivity index (χ3v) is 20.5. The molecule has 0 unspecified atom stereocenters. The van der Waals surface area contributed by atoms with Gasteiger partial charge in [0.1, 0.15) is 0 Å². The Morgan fingerprint density at radius 2 is 0.364 bits per heavy atom. The zero-order valence-corrected chi connectivity index (χ0v) is 37.0. The van der Waals surface area contributed by atoms with Gasteiger partial charge in [0.2, 0.25) is 0 Å². The first-order valence-corrected chi connectivity index (χ1v) is 25.8. The van der Waals surface area contributed by atoms with Gasteiger partial charge in [0.05, 0.1) is 34.1 Å². The second-order valence-corrected chi connectivity index (χ2v) is 23.3. The van der Waals surface area contributed by atoms with E-state index in [0.717, 1.165) is 72.6 Å². The van der Waals surface area contributed by atoms with Crippen LogP contribution in [0.1, 0.15) is 215 Å². The SMILES string of the molecule is c1cc2ccc1N=C1C[C@@H]3C[C@H]1c1c3c3c4c5c1[C@@H]1CC(=Nc6ccc(cc6)N=C6C[C@@H]7C[C@H]6c6c7c7c(c8c6[C@@H]6CC(=Nc9ccc(cc9)N=C9C[C@@H]4C[C@H]93)[C@H]8C6)[C@@H]3CC(=N2)[C@H]7C3)[C@H]5C1. The molecule has 6 heteroatoms. The number of hydrogen-bond acceptors (Lipinski definition) is 6. The first-order chi connectivity index (χ1) is 32.6. The van der Waals surface area contributed by atoms with E-state index in [4.69, 9.17) is 30.0 Å². The molecule has 0 N–H and O–H groups in total. The molecule has 66 heavy (non-hydrogen) atoms. The molecule has 6 saturated carbocycles. The van der Waals surface area contributed by atoms with Crippen molar-refractivity contribution in [3.05, 3.63) is 140 Å². The quantitative estimate of drug-likeness (QED) is 0.149. The number of hydrogen-bond donors (Lipinski definition) is 0. The van der Waals surface area contributed by atoms with Gasteiger partial charge in [0.25, 0.3) is 0 Å². The lowest BCUT2D eigenvalue weighted by Crippen LogP contribution is -2.24. The van der Waals surface area contributed by atoms with Crippen molar-refractivity contribution in [1.82, 2.24) is 0 Å². The van der Waals surface area contributed by atoms with Gasteiger partial charge in [0.15, 0.2) is 0 Å². The first kappa shape index (κ1) is 34.4. The summed E-state index contributed by atoms with van der Waals surface area (Å²) >= 11 is 0. The van der Waals surface area contributed by atoms with Crippen LogP contribution in [0.3, 0.4) is 0 Å². The predicted octanol–water partition coefficient (Wildman–Crippen LogP) is 14.8. The Morgan fingerprint density at radius 1 is 0.212 bits per heavy atom. The van der Waals surface area contributed by atoms with E-state index in [1.54, 1.807) is 66.8 Å². The Morgan fingerprint density at radius 3 is 0.515 bits per heavy atom. The van der Waals surface area contributed by atoms with Gasteiger partial charge >= 0.3 is 0 Å². The fraction of sp³-hybridized carbons (Fsp3) is 0.400. The molecular weight excluding hydrogens is 805 g/mol. The molecule has 318 valence electrons. The standard InChI is InChI=1S/C60H48N6/c1-2-32-4-3-31(1)61-43-19-25-13-37(43)55-49(25)57-39-17-29-23-46(39)64-34-7-11-36(12-8-34)66-48-24-30-18-41(48)59-51-26-14-38(44(20-26)62-32)56(51)52-28-16-42(60(52)54(30)59)47(22-28)65-35-9-5-33(6-10-35)63-45-21-27-15-40(45)58(50(27)55)53(29)57/h1-12,25-30,37-42H,13-24H2/t25-,26-,27-,28-,29-,30-,37+,38+,39+,40+,41+,42+/m0/s1. The zero-order valence-electron chi connectivity index (χ0n) is 37.0. The molecule has 5 aromatic carbocycles. The Kier molecular flexibility index (Phi) is 5.97. The average molecular weight is 853 g/mol. The van der Waals surface area contributed by atoms with Gasteiger partial charge in [-0.25, -0.2) is 0 Å². The number of aliphatic imine (C=N–C) groups is 6. The van der Waals surface area contributed by atoms with Gasteiger partial charge in [-0.2, -0.15) is 0 Å². The van der Waals surface area contributed by atoms with Gasteiger partial charge < -0.3 is 0 Å². The van der Waals surface area contributed by atoms with E-state index in [1.807, 2.05) is 0 Å². The molecule has 0 spiro atoms. The van der Waals surface area contributed by atoms with Crippen LogP contribution in [0.2, 0.25) is 0 Å². The summed E-state index contributed by atoms with van der Waals surface area (Å²) in [4.78, 5) is 33.5. The van der Waals surface area contributed by atoms with Gasteiger partial charge in [0, 0.05) is 69.8 Å². The van der Waals surface area contributed by atoms with Crippen LogP contribution in [0.15, 0.2) is 103 Å². The number of benzene rings is 5. The van der Waals surface area contributed by atoms with Gasteiger partial charge in [-0.1, -0.05) is 0 Å². The van der Waals surface area contributed by atoms with E-state index >= 15 is 0 Å². The molecule has 0 aromatic heterocycles. The van der Waals surface area contributed by atoms with Crippen LogP contribution in [0, 0.1) is 0 Å². The molecular formula is C60H48N6. The Labute approximate surface area is 384 Å². The molecule has 41 rings (SSSR count). The summed E-state index contributed by atoms with van der Waals surface area (Å²) in [5, 5.41) is 0. The molecule has 0 amide bonds. The van der Waals surface area contributed by atoms with Crippen molar-refractivity contribution in [3.63, 3.8) is 0 Å². The summed E-state index contributed by atoms with van der Waals surface area (Å²) in [7, 11) is 0. The van der Waals surface area contributed by atoms with E-state index in [-0.39, 0.29) is 0 Å². The summed E-state index contributed by atoms with van der Waals surface area (Å²) in [6.07, 6.45) is 13.8. The molecule has 24 heterocycles. The summed E-state index contributed by atoms with van der Waals surface area (Å²) in [6.45, 7) is 0. The lowest BCUT2D eigenvalue weighted by atomic mass is 9.71. The topological polar surface area (TPSA) is 74.2 Å². The highest BCUT2D eigenvalue weighted by Gasteiger charge is 2.59. The highest BCUT2D eigenvalue weighted by Crippen LogP contribution is 2.71. The summed E-state index contributed by atoms with van der Waals surface area (Å²) < 4.78 is 0. The largest absolute Gasteiger partial charge is 0.257 e. The predicted molar refractivity (Wildman–Crippen MR) is 263 cm³/mol. The maximum Gasteiger partial charge on any atom is 0.0630 e. The lowest BCUT2D eigenvalue weighted by molar-refractivity contribution is 0.741. The van der Waals surface area contributed by atoms with E-state index in [9.17, 15) is 0 Å². The van der Waals surface area contributed by atoms with Crippen molar-refractivity contribution in [2.75, 3.05) is 0 Å². The fourth-order valence-corrected chi connectivity index (χ4v) is 18.6. The van der Waals surface area contributed by atoms with Crippen LogP contribution in [0.5, 0.6) is 0 Å². The minimum Gasteiger partial charge on any atom is -0.257 e. The summed E-state index contributed by atoms with van der Waals surface area (Å²) in [5.74, 6) is 5.81. The molecule has 0 radical (unpaired) electrons. The number of nitrogens with zero attached hydrogens (tertiary/aromatic N) is 6. The highest BCUT2D eigenvalue weighted by molar-refractivity contribution is 6.08. The number of rotatable bonds is 0. The van der Waals surface area contributed by atoms with E-state index in [2.05, 4.69) is 72.8 Å². The monoisotopic (exact) mass is 852 g/mol. The second-order valence-electron chi connectivity index (χ2n) is 23.3. The van der Waals surface area contributed by atoms with Gasteiger partial charge in [-0.3, -0.25) is 30.0 Å². The van der Waals surface area contributed by atoms with Gasteiger partial charge in [-0.15, -0.1) is 0 Å². The molecule has 36 bridgehead atoms. The molecule has 24 aliphatic heterocycles. The van der Waals surface area contributed by atoms with E-state index in [0.29, 0.717) is 71.0 Å². The third kappa shape index (κ3) is 4.06. The Balaban J connectivity index is 0.885. The maximum absolute atomic E-state index is 5.59. The molecule has 6 nitrogen and oxygen atoms in total. The van der Waals surface area contributed by atoms with E-state index < -0.39 is 0 Å². The summed E-state index contributed by atoms with van der Waals surface area (Å²) in [6, 6.07) is 27.3. The molecule has 12 atom stereocenters. The van der Waals surface area contributed by atoms with Crippen molar-refractivity contribution in [2.45, 2.75) is 148 Å². The Bertz CT molecular complexity index is 2800. The second kappa shape index (κ2) is 11.4. The highest BCUT2D eigenvalue weighted by atomic mass is 14.9. The van der Waals surface area contributed by atoms with Crippen LogP contribution in [-0.2, 0) is 0 Å². The minimum atomic E-state index is 0.414. The normalized spacial score (nSPS) is 35.1. The van der Waals surface area contributed by atoms with Crippen LogP contribution in [-0.4, -0.2) is 34.3 Å². The third-order valence-electron chi connectivity index (χ3n) is 20.5. The minimum absolute atomic E-state index is 0.414. The Hall–Kier alpha value is -5.88. The smallest absolute Gasteiger partial charge is 0.0630 e. The molecule has 5 aromatic rings. The van der Waals surface area contributed by atoms with Crippen LogP contribution < -0.4 is 0 Å². The first-order valence-electron chi connectivity index (χ1n) is 25.8. The summed E-state index contributed by atoms with van der Waals surface area (Å²) in [5.41, 5.74) is 35.6. The lowest BCUT2D eigenvalue weighted by Gasteiger charge is -2.34. The van der Waals surface area contributed by atoms with Crippen LogP contribution in [0.25, 0.3) is 0 Å². The van der Waals surface area contributed by atoms with Crippen LogP contribution in [0.4, 0.5) is 34.1 Å². The van der Waals surface area contributed by atoms with Crippen molar-refractivity contribution < 1.29 is 0 Å². The van der Waals surface area contributed by atoms with E-state index in [1.165, 1.54) is 72.8 Å².